The van der Waals surface area contributed by atoms with Crippen LogP contribution in [0.1, 0.15) is 36.0 Å². The number of piperidine rings is 1. The molecule has 0 aliphatic carbocycles. The molecule has 3 rings (SSSR count). The molecule has 1 aromatic heterocycles. The molecule has 1 unspecified atom stereocenters. The Morgan fingerprint density at radius 1 is 1.31 bits per heavy atom. The third-order valence-corrected chi connectivity index (χ3v) is 5.55. The number of aliphatic imine (C=N–C) groups is 1. The van der Waals surface area contributed by atoms with E-state index in [9.17, 15) is 13.2 Å². The van der Waals surface area contributed by atoms with Crippen molar-refractivity contribution in [2.45, 2.75) is 45.5 Å². The minimum atomic E-state index is -4.41. The van der Waals surface area contributed by atoms with Gasteiger partial charge in [-0.1, -0.05) is 17.7 Å². The van der Waals surface area contributed by atoms with E-state index in [1.807, 2.05) is 6.92 Å². The van der Waals surface area contributed by atoms with Crippen LogP contribution in [0.3, 0.4) is 0 Å². The highest BCUT2D eigenvalue weighted by Gasteiger charge is 2.33. The van der Waals surface area contributed by atoms with Crippen molar-refractivity contribution >= 4 is 23.0 Å². The van der Waals surface area contributed by atoms with Crippen LogP contribution < -0.4 is 15.5 Å². The molecular weight excluding hydrogens is 399 g/mol. The van der Waals surface area contributed by atoms with Gasteiger partial charge in [-0.05, 0) is 38.8 Å². The second-order valence-electron chi connectivity index (χ2n) is 7.08. The van der Waals surface area contributed by atoms with Crippen LogP contribution in [0.15, 0.2) is 34.6 Å². The largest absolute Gasteiger partial charge is 0.434 e. The molecule has 1 saturated heterocycles. The Morgan fingerprint density at radius 2 is 2.07 bits per heavy atom. The molecule has 2 heterocycles. The first kappa shape index (κ1) is 21.4. The molecule has 0 spiro atoms. The number of hydrogen-bond donors (Lipinski definition) is 2. The quantitative estimate of drug-likeness (QED) is 0.557. The second-order valence-corrected chi connectivity index (χ2v) is 8.03. The highest BCUT2D eigenvalue weighted by molar-refractivity contribution is 7.09. The topological polar surface area (TPSA) is 52.6 Å². The van der Waals surface area contributed by atoms with Crippen molar-refractivity contribution in [3.05, 3.63) is 45.9 Å². The minimum absolute atomic E-state index is 0.116. The summed E-state index contributed by atoms with van der Waals surface area (Å²) in [5, 5.41) is 7.98. The van der Waals surface area contributed by atoms with Crippen molar-refractivity contribution in [1.29, 1.82) is 0 Å². The predicted octanol–water partition coefficient (Wildman–Crippen LogP) is 4.19. The fraction of sp³-hybridized carbons (Fsp3) is 0.500. The number of halogens is 3. The Bertz CT molecular complexity index is 816. The Kier molecular flexibility index (Phi) is 7.00. The molecule has 2 aromatic rings. The summed E-state index contributed by atoms with van der Waals surface area (Å²) in [6.07, 6.45) is -2.34. The van der Waals surface area contributed by atoms with E-state index in [0.717, 1.165) is 42.6 Å². The number of rotatable bonds is 5. The first-order valence-electron chi connectivity index (χ1n) is 9.73. The number of hydrogen-bond acceptors (Lipinski definition) is 4. The zero-order valence-electron chi connectivity index (χ0n) is 16.6. The first-order valence-corrected chi connectivity index (χ1v) is 10.6. The SMILES string of the molecule is CCNC(=NCc1nc(C(F)(F)F)cs1)NC1CCCN(c2ccc(C)cc2)C1. The molecule has 0 saturated carbocycles. The van der Waals surface area contributed by atoms with Crippen molar-refractivity contribution in [3.8, 4) is 0 Å². The van der Waals surface area contributed by atoms with E-state index in [1.54, 1.807) is 0 Å². The lowest BCUT2D eigenvalue weighted by Gasteiger charge is -2.35. The maximum atomic E-state index is 12.7. The number of nitrogens with one attached hydrogen (secondary N) is 2. The third-order valence-electron chi connectivity index (χ3n) is 4.72. The van der Waals surface area contributed by atoms with Crippen LogP contribution in [0.5, 0.6) is 0 Å². The number of thiazole rings is 1. The van der Waals surface area contributed by atoms with E-state index < -0.39 is 11.9 Å². The van der Waals surface area contributed by atoms with E-state index in [1.165, 1.54) is 11.3 Å². The molecular formula is C20H26F3N5S. The molecule has 1 aromatic carbocycles. The lowest BCUT2D eigenvalue weighted by molar-refractivity contribution is -0.140. The second kappa shape index (κ2) is 9.47. The smallest absolute Gasteiger partial charge is 0.369 e. The first-order chi connectivity index (χ1) is 13.8. The van der Waals surface area contributed by atoms with Crippen LogP contribution in [-0.2, 0) is 12.7 Å². The number of nitrogens with zero attached hydrogens (tertiary/aromatic N) is 3. The lowest BCUT2D eigenvalue weighted by Crippen LogP contribution is -2.51. The number of aryl methyl sites for hydroxylation is 1. The van der Waals surface area contributed by atoms with Crippen LogP contribution in [0.2, 0.25) is 0 Å². The van der Waals surface area contributed by atoms with E-state index in [-0.39, 0.29) is 12.6 Å². The highest BCUT2D eigenvalue weighted by atomic mass is 32.1. The van der Waals surface area contributed by atoms with E-state index >= 15 is 0 Å². The summed E-state index contributed by atoms with van der Waals surface area (Å²) < 4.78 is 38.1. The molecule has 0 amide bonds. The normalized spacial score (nSPS) is 18.0. The van der Waals surface area contributed by atoms with Crippen molar-refractivity contribution in [1.82, 2.24) is 15.6 Å². The maximum Gasteiger partial charge on any atom is 0.434 e. The molecule has 158 valence electrons. The Hall–Kier alpha value is -2.29. The molecule has 0 bridgehead atoms. The van der Waals surface area contributed by atoms with E-state index in [4.69, 9.17) is 0 Å². The summed E-state index contributed by atoms with van der Waals surface area (Å²) >= 11 is 0.979. The lowest BCUT2D eigenvalue weighted by atomic mass is 10.0. The van der Waals surface area contributed by atoms with Gasteiger partial charge in [0.15, 0.2) is 11.7 Å². The minimum Gasteiger partial charge on any atom is -0.369 e. The molecule has 2 N–H and O–H groups in total. The molecule has 5 nitrogen and oxygen atoms in total. The molecule has 0 radical (unpaired) electrons. The maximum absolute atomic E-state index is 12.7. The van der Waals surface area contributed by atoms with Crippen molar-refractivity contribution < 1.29 is 13.2 Å². The van der Waals surface area contributed by atoms with Gasteiger partial charge in [-0.25, -0.2) is 9.98 Å². The standard InChI is InChI=1S/C20H26F3N5S/c1-3-24-19(25-11-18-27-17(13-29-18)20(21,22)23)26-15-5-4-10-28(12-15)16-8-6-14(2)7-9-16/h6-9,13,15H,3-5,10-12H2,1-2H3,(H2,24,25,26). The van der Waals surface area contributed by atoms with Gasteiger partial charge >= 0.3 is 6.18 Å². The molecule has 29 heavy (non-hydrogen) atoms. The van der Waals surface area contributed by atoms with Gasteiger partial charge in [-0.2, -0.15) is 13.2 Å². The van der Waals surface area contributed by atoms with E-state index in [2.05, 4.69) is 56.7 Å². The van der Waals surface area contributed by atoms with Gasteiger partial charge in [-0.15, -0.1) is 11.3 Å². The molecule has 1 aliphatic rings. The summed E-state index contributed by atoms with van der Waals surface area (Å²) in [4.78, 5) is 10.4. The Labute approximate surface area is 173 Å². The molecule has 1 aliphatic heterocycles. The summed E-state index contributed by atoms with van der Waals surface area (Å²) in [6.45, 7) is 6.68. The van der Waals surface area contributed by atoms with Gasteiger partial charge in [0.2, 0.25) is 0 Å². The number of aromatic nitrogens is 1. The molecule has 1 atom stereocenters. The Balaban J connectivity index is 1.62. The van der Waals surface area contributed by atoms with E-state index in [0.29, 0.717) is 17.5 Å². The summed E-state index contributed by atoms with van der Waals surface area (Å²) in [5.41, 5.74) is 1.58. The van der Waals surface area contributed by atoms with Gasteiger partial charge in [0.05, 0.1) is 6.54 Å². The van der Waals surface area contributed by atoms with Crippen LogP contribution in [0, 0.1) is 6.92 Å². The van der Waals surface area contributed by atoms with Gasteiger partial charge in [-0.3, -0.25) is 0 Å². The van der Waals surface area contributed by atoms with Gasteiger partial charge in [0, 0.05) is 36.7 Å². The monoisotopic (exact) mass is 425 g/mol. The Morgan fingerprint density at radius 3 is 2.72 bits per heavy atom. The third kappa shape index (κ3) is 6.09. The molecule has 9 heteroatoms. The van der Waals surface area contributed by atoms with Crippen LogP contribution >= 0.6 is 11.3 Å². The van der Waals surface area contributed by atoms with Crippen LogP contribution in [-0.4, -0.2) is 36.6 Å². The predicted molar refractivity (Wildman–Crippen MR) is 111 cm³/mol. The summed E-state index contributed by atoms with van der Waals surface area (Å²) in [5.74, 6) is 0.604. The zero-order chi connectivity index (χ0) is 20.9. The average Bonchev–Trinajstić information content (AvgIpc) is 3.17. The fourth-order valence-corrected chi connectivity index (χ4v) is 3.98. The van der Waals surface area contributed by atoms with Crippen molar-refractivity contribution in [3.63, 3.8) is 0 Å². The zero-order valence-corrected chi connectivity index (χ0v) is 17.4. The van der Waals surface area contributed by atoms with Crippen molar-refractivity contribution in [2.24, 2.45) is 4.99 Å². The number of alkyl halides is 3. The van der Waals surface area contributed by atoms with Crippen LogP contribution in [0.25, 0.3) is 0 Å². The summed E-state index contributed by atoms with van der Waals surface area (Å²) in [7, 11) is 0. The van der Waals surface area contributed by atoms with Crippen LogP contribution in [0.4, 0.5) is 18.9 Å². The van der Waals surface area contributed by atoms with Gasteiger partial charge in [0.1, 0.15) is 5.01 Å². The summed E-state index contributed by atoms with van der Waals surface area (Å²) in [6, 6.07) is 8.71. The number of anilines is 1. The van der Waals surface area contributed by atoms with Crippen molar-refractivity contribution in [2.75, 3.05) is 24.5 Å². The fourth-order valence-electron chi connectivity index (χ4n) is 3.26. The number of benzene rings is 1. The van der Waals surface area contributed by atoms with Gasteiger partial charge in [0.25, 0.3) is 0 Å². The number of guanidine groups is 1. The van der Waals surface area contributed by atoms with Gasteiger partial charge < -0.3 is 15.5 Å². The average molecular weight is 426 g/mol. The molecule has 1 fully saturated rings. The highest BCUT2D eigenvalue weighted by Crippen LogP contribution is 2.30.